The third-order valence-electron chi connectivity index (χ3n) is 5.70. The number of hydrogen-bond donors (Lipinski definition) is 1. The van der Waals surface area contributed by atoms with E-state index < -0.39 is 0 Å². The highest BCUT2D eigenvalue weighted by atomic mass is 35.5. The van der Waals surface area contributed by atoms with Crippen molar-refractivity contribution in [1.29, 1.82) is 0 Å². The molecule has 30 heavy (non-hydrogen) atoms. The second-order valence-corrected chi connectivity index (χ2v) is 8.41. The van der Waals surface area contributed by atoms with Gasteiger partial charge in [-0.2, -0.15) is 0 Å². The molecule has 4 rings (SSSR count). The van der Waals surface area contributed by atoms with Gasteiger partial charge >= 0.3 is 0 Å². The molecule has 1 atom stereocenters. The lowest BCUT2D eigenvalue weighted by Gasteiger charge is -2.33. The molecule has 1 aromatic carbocycles. The monoisotopic (exact) mass is 428 g/mol. The number of anilines is 1. The molecule has 3 heterocycles. The van der Waals surface area contributed by atoms with Crippen molar-refractivity contribution in [1.82, 2.24) is 14.8 Å². The number of benzene rings is 1. The number of likely N-dealkylation sites (tertiary alicyclic amines) is 1. The van der Waals surface area contributed by atoms with E-state index in [0.29, 0.717) is 29.6 Å². The van der Waals surface area contributed by atoms with E-state index in [1.807, 2.05) is 11.0 Å². The fraction of sp³-hybridized carbons (Fsp3) is 0.478. The average Bonchev–Trinajstić information content (AvgIpc) is 2.79. The van der Waals surface area contributed by atoms with Gasteiger partial charge in [-0.1, -0.05) is 41.9 Å². The Balaban J connectivity index is 1.30. The normalized spacial score (nSPS) is 20.2. The molecule has 1 unspecified atom stereocenters. The summed E-state index contributed by atoms with van der Waals surface area (Å²) < 4.78 is 5.91. The highest BCUT2D eigenvalue weighted by Gasteiger charge is 2.22. The number of pyridine rings is 1. The quantitative estimate of drug-likeness (QED) is 0.760. The maximum atomic E-state index is 12.6. The van der Waals surface area contributed by atoms with Gasteiger partial charge in [0.15, 0.2) is 0 Å². The molecule has 2 fully saturated rings. The molecule has 0 radical (unpaired) electrons. The Kier molecular flexibility index (Phi) is 7.20. The Labute approximate surface area is 183 Å². The minimum Gasteiger partial charge on any atom is -0.374 e. The third kappa shape index (κ3) is 5.50. The first-order valence-electron chi connectivity index (χ1n) is 10.8. The lowest BCUT2D eigenvalue weighted by Crippen LogP contribution is -2.44. The summed E-state index contributed by atoms with van der Waals surface area (Å²) in [5.74, 6) is 0.610. The summed E-state index contributed by atoms with van der Waals surface area (Å²) in [6.07, 6.45) is 5.01. The minimum atomic E-state index is 0.0165. The van der Waals surface area contributed by atoms with E-state index in [9.17, 15) is 4.79 Å². The van der Waals surface area contributed by atoms with Crippen molar-refractivity contribution in [2.45, 2.75) is 31.9 Å². The fourth-order valence-corrected chi connectivity index (χ4v) is 4.30. The first-order valence-corrected chi connectivity index (χ1v) is 11.1. The number of amides is 1. The van der Waals surface area contributed by atoms with E-state index in [1.54, 1.807) is 12.3 Å². The highest BCUT2D eigenvalue weighted by Crippen LogP contribution is 2.22. The van der Waals surface area contributed by atoms with Crippen LogP contribution in [-0.2, 0) is 11.3 Å². The van der Waals surface area contributed by atoms with E-state index in [1.165, 1.54) is 12.0 Å². The first kappa shape index (κ1) is 21.1. The van der Waals surface area contributed by atoms with Crippen molar-refractivity contribution in [3.8, 4) is 0 Å². The van der Waals surface area contributed by atoms with Crippen LogP contribution in [0.1, 0.15) is 35.2 Å². The second-order valence-electron chi connectivity index (χ2n) is 8.00. The number of rotatable bonds is 6. The number of carbonyl (C=O) groups excluding carboxylic acids is 1. The summed E-state index contributed by atoms with van der Waals surface area (Å²) in [4.78, 5) is 21.3. The predicted molar refractivity (Wildman–Crippen MR) is 119 cm³/mol. The number of halogens is 1. The summed E-state index contributed by atoms with van der Waals surface area (Å²) in [6, 6.07) is 12.2. The van der Waals surface area contributed by atoms with Crippen molar-refractivity contribution in [2.75, 3.05) is 44.6 Å². The molecule has 2 saturated heterocycles. The second kappa shape index (κ2) is 10.2. The SMILES string of the molecule is O=C(c1cnc(NCC2CN(Cc3ccccc3)CCO2)c(Cl)c1)N1CCCCC1. The number of nitrogens with one attached hydrogen (secondary N) is 1. The molecular weight excluding hydrogens is 400 g/mol. The molecule has 1 N–H and O–H groups in total. The van der Waals surface area contributed by atoms with Crippen molar-refractivity contribution in [3.05, 3.63) is 58.7 Å². The Morgan fingerprint density at radius 3 is 2.73 bits per heavy atom. The van der Waals surface area contributed by atoms with Crippen LogP contribution >= 0.6 is 11.6 Å². The van der Waals surface area contributed by atoms with Gasteiger partial charge in [-0.3, -0.25) is 9.69 Å². The van der Waals surface area contributed by atoms with Gasteiger partial charge in [-0.15, -0.1) is 0 Å². The average molecular weight is 429 g/mol. The molecule has 0 spiro atoms. The molecule has 0 bridgehead atoms. The van der Waals surface area contributed by atoms with Crippen molar-refractivity contribution in [2.24, 2.45) is 0 Å². The van der Waals surface area contributed by atoms with Gasteiger partial charge in [0, 0.05) is 45.5 Å². The summed E-state index contributed by atoms with van der Waals surface area (Å²) in [5.41, 5.74) is 1.86. The largest absolute Gasteiger partial charge is 0.374 e. The van der Waals surface area contributed by atoms with E-state index in [0.717, 1.165) is 45.6 Å². The van der Waals surface area contributed by atoms with Crippen LogP contribution in [0.3, 0.4) is 0 Å². The highest BCUT2D eigenvalue weighted by molar-refractivity contribution is 6.33. The topological polar surface area (TPSA) is 57.7 Å². The standard InChI is InChI=1S/C23H29ClN4O2/c24-21-13-19(23(29)28-9-5-2-6-10-28)14-25-22(21)26-15-20-17-27(11-12-30-20)16-18-7-3-1-4-8-18/h1,3-4,7-8,13-14,20H,2,5-6,9-12,15-17H2,(H,25,26). The maximum absolute atomic E-state index is 12.6. The van der Waals surface area contributed by atoms with Crippen molar-refractivity contribution in [3.63, 3.8) is 0 Å². The molecule has 1 aromatic heterocycles. The fourth-order valence-electron chi connectivity index (χ4n) is 4.06. The van der Waals surface area contributed by atoms with Crippen LogP contribution in [-0.4, -0.2) is 66.1 Å². The summed E-state index contributed by atoms with van der Waals surface area (Å²) in [7, 11) is 0. The van der Waals surface area contributed by atoms with Gasteiger partial charge in [0.1, 0.15) is 5.82 Å². The van der Waals surface area contributed by atoms with Gasteiger partial charge in [-0.05, 0) is 30.9 Å². The Morgan fingerprint density at radius 2 is 1.97 bits per heavy atom. The molecule has 6 nitrogen and oxygen atoms in total. The minimum absolute atomic E-state index is 0.0165. The molecule has 0 saturated carbocycles. The van der Waals surface area contributed by atoms with Crippen molar-refractivity contribution >= 4 is 23.3 Å². The number of ether oxygens (including phenoxy) is 1. The molecular formula is C23H29ClN4O2. The Morgan fingerprint density at radius 1 is 1.17 bits per heavy atom. The van der Waals surface area contributed by atoms with Crippen LogP contribution in [0, 0.1) is 0 Å². The zero-order chi connectivity index (χ0) is 20.8. The summed E-state index contributed by atoms with van der Waals surface area (Å²) in [5, 5.41) is 3.76. The first-order chi connectivity index (χ1) is 14.7. The van der Waals surface area contributed by atoms with Gasteiger partial charge in [0.2, 0.25) is 0 Å². The number of nitrogens with zero attached hydrogens (tertiary/aromatic N) is 3. The van der Waals surface area contributed by atoms with Gasteiger partial charge < -0.3 is 15.0 Å². The molecule has 2 aliphatic heterocycles. The lowest BCUT2D eigenvalue weighted by molar-refractivity contribution is -0.0240. The number of hydrogen-bond acceptors (Lipinski definition) is 5. The van der Waals surface area contributed by atoms with Gasteiger partial charge in [0.05, 0.1) is 23.3 Å². The van der Waals surface area contributed by atoms with Crippen molar-refractivity contribution < 1.29 is 9.53 Å². The number of piperidine rings is 1. The van der Waals surface area contributed by atoms with Crippen LogP contribution in [0.4, 0.5) is 5.82 Å². The van der Waals surface area contributed by atoms with E-state index >= 15 is 0 Å². The third-order valence-corrected chi connectivity index (χ3v) is 5.99. The van der Waals surface area contributed by atoms with Crippen LogP contribution in [0.15, 0.2) is 42.6 Å². The van der Waals surface area contributed by atoms with Gasteiger partial charge in [-0.25, -0.2) is 4.98 Å². The van der Waals surface area contributed by atoms with Crippen LogP contribution in [0.5, 0.6) is 0 Å². The predicted octanol–water partition coefficient (Wildman–Crippen LogP) is 3.67. The van der Waals surface area contributed by atoms with Crippen LogP contribution in [0.2, 0.25) is 5.02 Å². The molecule has 2 aromatic rings. The zero-order valence-corrected chi connectivity index (χ0v) is 18.0. The smallest absolute Gasteiger partial charge is 0.255 e. The Hall–Kier alpha value is -2.15. The molecule has 2 aliphatic rings. The summed E-state index contributed by atoms with van der Waals surface area (Å²) in [6.45, 7) is 5.67. The van der Waals surface area contributed by atoms with Crippen LogP contribution in [0.25, 0.3) is 0 Å². The van der Waals surface area contributed by atoms with E-state index in [2.05, 4.69) is 39.5 Å². The van der Waals surface area contributed by atoms with Gasteiger partial charge in [0.25, 0.3) is 5.91 Å². The van der Waals surface area contributed by atoms with E-state index in [4.69, 9.17) is 16.3 Å². The Bertz CT molecular complexity index is 842. The number of aromatic nitrogens is 1. The lowest BCUT2D eigenvalue weighted by atomic mass is 10.1. The molecule has 7 heteroatoms. The summed E-state index contributed by atoms with van der Waals surface area (Å²) >= 11 is 6.42. The maximum Gasteiger partial charge on any atom is 0.255 e. The van der Waals surface area contributed by atoms with Crippen LogP contribution < -0.4 is 5.32 Å². The number of carbonyl (C=O) groups is 1. The zero-order valence-electron chi connectivity index (χ0n) is 17.2. The molecule has 0 aliphatic carbocycles. The van der Waals surface area contributed by atoms with E-state index in [-0.39, 0.29) is 12.0 Å². The molecule has 160 valence electrons. The molecule has 1 amide bonds. The number of morpholine rings is 1.